The van der Waals surface area contributed by atoms with Gasteiger partial charge in [-0.15, -0.1) is 0 Å². The summed E-state index contributed by atoms with van der Waals surface area (Å²) < 4.78 is 0. The molecule has 0 aromatic heterocycles. The topological polar surface area (TPSA) is 43.8 Å². The molecule has 0 spiro atoms. The van der Waals surface area contributed by atoms with Crippen LogP contribution in [0.2, 0.25) is 0 Å². The van der Waals surface area contributed by atoms with Crippen LogP contribution >= 0.6 is 0 Å². The van der Waals surface area contributed by atoms with Gasteiger partial charge < -0.3 is 14.9 Å². The molecule has 0 fully saturated rings. The molecule has 1 rings (SSSR count). The summed E-state index contributed by atoms with van der Waals surface area (Å²) in [6.07, 6.45) is 1.08. The molecule has 0 saturated heterocycles. The standard InChI is InChI=1S/C15H24N2O2/c1-12(18)13-6-7-15(19)14(10-13)11-17(4)9-5-8-16(2)3/h6-7,10,19H,5,8-9,11H2,1-4H3. The van der Waals surface area contributed by atoms with Crippen molar-refractivity contribution in [1.82, 2.24) is 9.80 Å². The second kappa shape index (κ2) is 7.26. The predicted octanol–water partition coefficient (Wildman–Crippen LogP) is 1.98. The minimum absolute atomic E-state index is 0.0245. The number of ketones is 1. The number of nitrogens with zero attached hydrogens (tertiary/aromatic N) is 2. The van der Waals surface area contributed by atoms with Gasteiger partial charge in [-0.2, -0.15) is 0 Å². The van der Waals surface area contributed by atoms with E-state index in [1.54, 1.807) is 18.2 Å². The third-order valence-corrected chi connectivity index (χ3v) is 3.07. The van der Waals surface area contributed by atoms with Gasteiger partial charge in [-0.3, -0.25) is 4.79 Å². The van der Waals surface area contributed by atoms with Crippen molar-refractivity contribution in [1.29, 1.82) is 0 Å². The molecule has 4 heteroatoms. The molecule has 0 heterocycles. The predicted molar refractivity (Wildman–Crippen MR) is 77.6 cm³/mol. The minimum Gasteiger partial charge on any atom is -0.508 e. The van der Waals surface area contributed by atoms with Crippen molar-refractivity contribution in [3.63, 3.8) is 0 Å². The molecule has 4 nitrogen and oxygen atoms in total. The highest BCUT2D eigenvalue weighted by Gasteiger charge is 2.08. The number of hydrogen-bond donors (Lipinski definition) is 1. The van der Waals surface area contributed by atoms with Crippen LogP contribution in [0.5, 0.6) is 5.75 Å². The quantitative estimate of drug-likeness (QED) is 0.765. The molecule has 1 aromatic carbocycles. The van der Waals surface area contributed by atoms with Crippen LogP contribution in [0.15, 0.2) is 18.2 Å². The Morgan fingerprint density at radius 1 is 1.21 bits per heavy atom. The first kappa shape index (κ1) is 15.7. The van der Waals surface area contributed by atoms with Crippen molar-refractivity contribution in [2.75, 3.05) is 34.2 Å². The number of hydrogen-bond acceptors (Lipinski definition) is 4. The molecule has 0 radical (unpaired) electrons. The molecule has 0 atom stereocenters. The van der Waals surface area contributed by atoms with Crippen LogP contribution in [0.3, 0.4) is 0 Å². The van der Waals surface area contributed by atoms with Gasteiger partial charge in [-0.1, -0.05) is 0 Å². The molecule has 0 amide bonds. The Bertz CT molecular complexity index is 430. The summed E-state index contributed by atoms with van der Waals surface area (Å²) in [4.78, 5) is 15.7. The van der Waals surface area contributed by atoms with Crippen molar-refractivity contribution >= 4 is 5.78 Å². The Morgan fingerprint density at radius 3 is 2.47 bits per heavy atom. The third-order valence-electron chi connectivity index (χ3n) is 3.07. The van der Waals surface area contributed by atoms with Crippen LogP contribution in [0.1, 0.15) is 29.3 Å². The maximum atomic E-state index is 11.3. The van der Waals surface area contributed by atoms with Crippen LogP contribution in [0.4, 0.5) is 0 Å². The van der Waals surface area contributed by atoms with Crippen molar-refractivity contribution in [2.45, 2.75) is 19.9 Å². The fourth-order valence-corrected chi connectivity index (χ4v) is 1.96. The van der Waals surface area contributed by atoms with Gasteiger partial charge in [-0.25, -0.2) is 0 Å². The smallest absolute Gasteiger partial charge is 0.159 e. The van der Waals surface area contributed by atoms with Gasteiger partial charge in [0.05, 0.1) is 0 Å². The van der Waals surface area contributed by atoms with E-state index in [9.17, 15) is 9.90 Å². The van der Waals surface area contributed by atoms with Gasteiger partial charge in [0.25, 0.3) is 0 Å². The van der Waals surface area contributed by atoms with Crippen molar-refractivity contribution in [3.05, 3.63) is 29.3 Å². The summed E-state index contributed by atoms with van der Waals surface area (Å²) >= 11 is 0. The van der Waals surface area contributed by atoms with E-state index < -0.39 is 0 Å². The van der Waals surface area contributed by atoms with E-state index >= 15 is 0 Å². The zero-order valence-electron chi connectivity index (χ0n) is 12.3. The maximum absolute atomic E-state index is 11.3. The number of benzene rings is 1. The lowest BCUT2D eigenvalue weighted by Gasteiger charge is -2.19. The van der Waals surface area contributed by atoms with Crippen LogP contribution in [-0.2, 0) is 6.54 Å². The zero-order chi connectivity index (χ0) is 14.4. The van der Waals surface area contributed by atoms with Gasteiger partial charge in [0, 0.05) is 17.7 Å². The monoisotopic (exact) mass is 264 g/mol. The number of phenols is 1. The summed E-state index contributed by atoms with van der Waals surface area (Å²) in [7, 11) is 6.14. The second-order valence-electron chi connectivity index (χ2n) is 5.29. The second-order valence-corrected chi connectivity index (χ2v) is 5.29. The van der Waals surface area contributed by atoms with Crippen LogP contribution in [0.25, 0.3) is 0 Å². The Hall–Kier alpha value is -1.39. The lowest BCUT2D eigenvalue weighted by molar-refractivity contribution is 0.101. The highest BCUT2D eigenvalue weighted by molar-refractivity contribution is 5.94. The summed E-state index contributed by atoms with van der Waals surface area (Å²) in [5.41, 5.74) is 1.45. The summed E-state index contributed by atoms with van der Waals surface area (Å²) in [6.45, 7) is 4.20. The molecule has 0 aliphatic rings. The molecule has 0 aliphatic heterocycles. The van der Waals surface area contributed by atoms with Crippen LogP contribution < -0.4 is 0 Å². The fourth-order valence-electron chi connectivity index (χ4n) is 1.96. The molecular weight excluding hydrogens is 240 g/mol. The first-order valence-corrected chi connectivity index (χ1v) is 6.56. The van der Waals surface area contributed by atoms with Gasteiger partial charge in [0.1, 0.15) is 5.75 Å². The molecule has 0 saturated carbocycles. The highest BCUT2D eigenvalue weighted by Crippen LogP contribution is 2.20. The summed E-state index contributed by atoms with van der Waals surface area (Å²) in [5, 5.41) is 9.83. The molecule has 0 aliphatic carbocycles. The Kier molecular flexibility index (Phi) is 5.99. The molecule has 1 aromatic rings. The van der Waals surface area contributed by atoms with Gasteiger partial charge >= 0.3 is 0 Å². The Balaban J connectivity index is 2.60. The van der Waals surface area contributed by atoms with E-state index in [-0.39, 0.29) is 11.5 Å². The van der Waals surface area contributed by atoms with E-state index in [0.717, 1.165) is 25.1 Å². The van der Waals surface area contributed by atoms with Crippen molar-refractivity contribution in [3.8, 4) is 5.75 Å². The number of aromatic hydroxyl groups is 1. The van der Waals surface area contributed by atoms with Gasteiger partial charge in [0.15, 0.2) is 5.78 Å². The van der Waals surface area contributed by atoms with Crippen molar-refractivity contribution < 1.29 is 9.90 Å². The molecule has 0 bridgehead atoms. The first-order chi connectivity index (χ1) is 8.90. The fraction of sp³-hybridized carbons (Fsp3) is 0.533. The molecule has 1 N–H and O–H groups in total. The zero-order valence-corrected chi connectivity index (χ0v) is 12.3. The molecule has 0 unspecified atom stereocenters. The van der Waals surface area contributed by atoms with Crippen molar-refractivity contribution in [2.24, 2.45) is 0 Å². The normalized spacial score (nSPS) is 11.3. The van der Waals surface area contributed by atoms with E-state index in [0.29, 0.717) is 12.1 Å². The molecule has 106 valence electrons. The van der Waals surface area contributed by atoms with E-state index in [1.165, 1.54) is 6.92 Å². The number of phenolic OH excluding ortho intramolecular Hbond substituents is 1. The largest absolute Gasteiger partial charge is 0.508 e. The number of carbonyl (C=O) groups is 1. The Morgan fingerprint density at radius 2 is 1.89 bits per heavy atom. The van der Waals surface area contributed by atoms with Gasteiger partial charge in [-0.05, 0) is 65.8 Å². The average molecular weight is 264 g/mol. The summed E-state index contributed by atoms with van der Waals surface area (Å²) in [5.74, 6) is 0.279. The average Bonchev–Trinajstić information content (AvgIpc) is 2.31. The van der Waals surface area contributed by atoms with Gasteiger partial charge in [0.2, 0.25) is 0 Å². The minimum atomic E-state index is 0.0245. The maximum Gasteiger partial charge on any atom is 0.159 e. The first-order valence-electron chi connectivity index (χ1n) is 6.56. The SMILES string of the molecule is CC(=O)c1ccc(O)c(CN(C)CCCN(C)C)c1. The lowest BCUT2D eigenvalue weighted by atomic mass is 10.1. The van der Waals surface area contributed by atoms with E-state index in [4.69, 9.17) is 0 Å². The number of Topliss-reactive ketones (excluding diaryl/α,β-unsaturated/α-hetero) is 1. The van der Waals surface area contributed by atoms with E-state index in [1.807, 2.05) is 7.05 Å². The Labute approximate surface area is 115 Å². The van der Waals surface area contributed by atoms with Crippen LogP contribution in [0, 0.1) is 0 Å². The number of rotatable bonds is 7. The third kappa shape index (κ3) is 5.41. The molecular formula is C15H24N2O2. The molecule has 19 heavy (non-hydrogen) atoms. The highest BCUT2D eigenvalue weighted by atomic mass is 16.3. The van der Waals surface area contributed by atoms with E-state index in [2.05, 4.69) is 23.9 Å². The number of carbonyl (C=O) groups excluding carboxylic acids is 1. The van der Waals surface area contributed by atoms with Crippen LogP contribution in [-0.4, -0.2) is 54.9 Å². The lowest BCUT2D eigenvalue weighted by Crippen LogP contribution is -2.23. The summed E-state index contributed by atoms with van der Waals surface area (Å²) in [6, 6.07) is 5.03.